The molecule has 3 rings (SSSR count). The van der Waals surface area contributed by atoms with Gasteiger partial charge in [-0.2, -0.15) is 0 Å². The van der Waals surface area contributed by atoms with Crippen LogP contribution in [-0.4, -0.2) is 30.1 Å². The Morgan fingerprint density at radius 2 is 1.58 bits per heavy atom. The predicted octanol–water partition coefficient (Wildman–Crippen LogP) is 3.69. The van der Waals surface area contributed by atoms with E-state index in [0.29, 0.717) is 18.2 Å². The van der Waals surface area contributed by atoms with E-state index < -0.39 is 0 Å². The van der Waals surface area contributed by atoms with E-state index in [1.165, 1.54) is 29.9 Å². The summed E-state index contributed by atoms with van der Waals surface area (Å²) >= 11 is 0. The number of aliphatic hydroxyl groups excluding tert-OH is 1. The lowest BCUT2D eigenvalue weighted by Gasteiger charge is -2.33. The third-order valence-corrected chi connectivity index (χ3v) is 8.02. The van der Waals surface area contributed by atoms with Gasteiger partial charge < -0.3 is 9.84 Å². The molecule has 0 bridgehead atoms. The quantitative estimate of drug-likeness (QED) is 0.778. The third-order valence-electron chi connectivity index (χ3n) is 5.01. The Kier molecular flexibility index (Phi) is 6.43. The molecule has 1 fully saturated rings. The number of hydrogen-bond donors (Lipinski definition) is 1. The molecule has 2 aromatic rings. The molecule has 1 aliphatic rings. The Morgan fingerprint density at radius 1 is 1.00 bits per heavy atom. The van der Waals surface area contributed by atoms with Crippen LogP contribution in [0.3, 0.4) is 0 Å². The van der Waals surface area contributed by atoms with E-state index in [0.717, 1.165) is 0 Å². The number of hydrogen-bond acceptors (Lipinski definition) is 2. The van der Waals surface area contributed by atoms with Crippen molar-refractivity contribution >= 4 is 18.5 Å². The molecule has 128 valence electrons. The maximum atomic E-state index is 9.07. The molecule has 1 saturated carbocycles. The highest BCUT2D eigenvalue weighted by atomic mass is 31.1. The Bertz CT molecular complexity index is 562. The Balaban J connectivity index is 1.90. The van der Waals surface area contributed by atoms with Crippen molar-refractivity contribution in [3.8, 4) is 0 Å². The molecule has 1 N–H and O–H groups in total. The minimum Gasteiger partial charge on any atom is -0.394 e. The fourth-order valence-electron chi connectivity index (χ4n) is 3.91. The predicted molar refractivity (Wildman–Crippen MR) is 103 cm³/mol. The first kappa shape index (κ1) is 17.6. The standard InChI is InChI=1S/C21H27O2P/c1-17(23-16-15-22)20-13-8-14-21(20)24(18-9-4-2-5-10-18)19-11-6-3-7-12-19/h2-7,9-12,17,20-22H,8,13-16H2,1H3/t17-,20?,21+/m1/s1. The molecule has 0 aromatic heterocycles. The largest absolute Gasteiger partial charge is 0.394 e. The molecule has 1 aliphatic carbocycles. The molecule has 0 saturated heterocycles. The van der Waals surface area contributed by atoms with E-state index in [2.05, 4.69) is 67.6 Å². The summed E-state index contributed by atoms with van der Waals surface area (Å²) in [4.78, 5) is 0. The van der Waals surface area contributed by atoms with Gasteiger partial charge in [0, 0.05) is 0 Å². The van der Waals surface area contributed by atoms with Crippen molar-refractivity contribution in [3.05, 3.63) is 60.7 Å². The van der Waals surface area contributed by atoms with Gasteiger partial charge in [-0.05, 0) is 49.9 Å². The molecule has 2 aromatic carbocycles. The fraction of sp³-hybridized carbons (Fsp3) is 0.429. The molecule has 0 spiro atoms. The Morgan fingerprint density at radius 3 is 2.12 bits per heavy atom. The van der Waals surface area contributed by atoms with E-state index in [1.54, 1.807) is 0 Å². The second-order valence-corrected chi connectivity index (χ2v) is 8.94. The van der Waals surface area contributed by atoms with Crippen LogP contribution < -0.4 is 10.6 Å². The molecule has 24 heavy (non-hydrogen) atoms. The molecule has 0 heterocycles. The molecule has 0 amide bonds. The van der Waals surface area contributed by atoms with Gasteiger partial charge >= 0.3 is 0 Å². The summed E-state index contributed by atoms with van der Waals surface area (Å²) in [6.45, 7) is 2.73. The lowest BCUT2D eigenvalue weighted by atomic mass is 10.0. The average molecular weight is 342 g/mol. The first-order valence-electron chi connectivity index (χ1n) is 8.93. The lowest BCUT2D eigenvalue weighted by Crippen LogP contribution is -2.32. The van der Waals surface area contributed by atoms with Crippen molar-refractivity contribution in [2.75, 3.05) is 13.2 Å². The number of benzene rings is 2. The second kappa shape index (κ2) is 8.76. The van der Waals surface area contributed by atoms with Crippen LogP contribution in [0.4, 0.5) is 0 Å². The van der Waals surface area contributed by atoms with Crippen LogP contribution >= 0.6 is 7.92 Å². The summed E-state index contributed by atoms with van der Waals surface area (Å²) < 4.78 is 5.89. The summed E-state index contributed by atoms with van der Waals surface area (Å²) in [5.74, 6) is 0.572. The van der Waals surface area contributed by atoms with Crippen LogP contribution in [0.15, 0.2) is 60.7 Å². The van der Waals surface area contributed by atoms with Crippen LogP contribution in [0.2, 0.25) is 0 Å². The molecular weight excluding hydrogens is 315 g/mol. The monoisotopic (exact) mass is 342 g/mol. The Hall–Kier alpha value is -1.21. The molecular formula is C21H27O2P. The summed E-state index contributed by atoms with van der Waals surface area (Å²) in [5.41, 5.74) is 0.651. The summed E-state index contributed by atoms with van der Waals surface area (Å²) in [6, 6.07) is 22.0. The minimum atomic E-state index is -0.381. The number of rotatable bonds is 7. The summed E-state index contributed by atoms with van der Waals surface area (Å²) in [6.07, 6.45) is 3.99. The number of aliphatic hydroxyl groups is 1. The van der Waals surface area contributed by atoms with Crippen molar-refractivity contribution < 1.29 is 9.84 Å². The van der Waals surface area contributed by atoms with Gasteiger partial charge in [-0.3, -0.25) is 0 Å². The van der Waals surface area contributed by atoms with Gasteiger partial charge in [0.25, 0.3) is 0 Å². The first-order chi connectivity index (χ1) is 11.8. The fourth-order valence-corrected chi connectivity index (χ4v) is 7.17. The number of ether oxygens (including phenoxy) is 1. The van der Waals surface area contributed by atoms with Crippen molar-refractivity contribution in [1.82, 2.24) is 0 Å². The van der Waals surface area contributed by atoms with Crippen LogP contribution in [0.25, 0.3) is 0 Å². The van der Waals surface area contributed by atoms with Gasteiger partial charge in [0.05, 0.1) is 19.3 Å². The average Bonchev–Trinajstić information content (AvgIpc) is 3.11. The van der Waals surface area contributed by atoms with Crippen molar-refractivity contribution in [3.63, 3.8) is 0 Å². The van der Waals surface area contributed by atoms with Gasteiger partial charge in [-0.25, -0.2) is 0 Å². The van der Waals surface area contributed by atoms with E-state index in [4.69, 9.17) is 9.84 Å². The Labute approximate surface area is 146 Å². The van der Waals surface area contributed by atoms with Crippen molar-refractivity contribution in [1.29, 1.82) is 0 Å². The topological polar surface area (TPSA) is 29.5 Å². The zero-order valence-electron chi connectivity index (χ0n) is 14.3. The van der Waals surface area contributed by atoms with Crippen molar-refractivity contribution in [2.45, 2.75) is 37.9 Å². The van der Waals surface area contributed by atoms with E-state index in [9.17, 15) is 0 Å². The van der Waals surface area contributed by atoms with Crippen LogP contribution in [0.5, 0.6) is 0 Å². The molecule has 0 aliphatic heterocycles. The SMILES string of the molecule is C[C@@H](OCCO)C1CCC[C@@H]1P(c1ccccc1)c1ccccc1. The van der Waals surface area contributed by atoms with Gasteiger partial charge in [0.2, 0.25) is 0 Å². The normalized spacial score (nSPS) is 22.0. The highest BCUT2D eigenvalue weighted by Crippen LogP contribution is 2.51. The van der Waals surface area contributed by atoms with E-state index >= 15 is 0 Å². The van der Waals surface area contributed by atoms with Gasteiger partial charge in [-0.1, -0.05) is 67.1 Å². The highest BCUT2D eigenvalue weighted by molar-refractivity contribution is 7.73. The molecule has 3 heteroatoms. The lowest BCUT2D eigenvalue weighted by molar-refractivity contribution is 0.00835. The van der Waals surface area contributed by atoms with Gasteiger partial charge in [0.15, 0.2) is 0 Å². The molecule has 2 nitrogen and oxygen atoms in total. The van der Waals surface area contributed by atoms with Crippen LogP contribution in [-0.2, 0) is 4.74 Å². The molecule has 3 atom stereocenters. The smallest absolute Gasteiger partial charge is 0.0701 e. The van der Waals surface area contributed by atoms with E-state index in [-0.39, 0.29) is 20.6 Å². The molecule has 1 unspecified atom stereocenters. The highest BCUT2D eigenvalue weighted by Gasteiger charge is 2.38. The second-order valence-electron chi connectivity index (χ2n) is 6.50. The summed E-state index contributed by atoms with van der Waals surface area (Å²) in [7, 11) is -0.381. The van der Waals surface area contributed by atoms with Gasteiger partial charge in [0.1, 0.15) is 0 Å². The zero-order valence-corrected chi connectivity index (χ0v) is 15.2. The van der Waals surface area contributed by atoms with Crippen LogP contribution in [0.1, 0.15) is 26.2 Å². The minimum absolute atomic E-state index is 0.105. The third kappa shape index (κ3) is 4.06. The maximum absolute atomic E-state index is 9.07. The van der Waals surface area contributed by atoms with E-state index in [1.807, 2.05) is 0 Å². The molecule has 0 radical (unpaired) electrons. The van der Waals surface area contributed by atoms with Gasteiger partial charge in [-0.15, -0.1) is 0 Å². The maximum Gasteiger partial charge on any atom is 0.0701 e. The first-order valence-corrected chi connectivity index (χ1v) is 10.3. The van der Waals surface area contributed by atoms with Crippen molar-refractivity contribution in [2.24, 2.45) is 5.92 Å². The summed E-state index contributed by atoms with van der Waals surface area (Å²) in [5, 5.41) is 12.0. The van der Waals surface area contributed by atoms with Crippen LogP contribution in [0, 0.1) is 5.92 Å². The zero-order chi connectivity index (χ0) is 16.8.